The average molecular weight is 339 g/mol. The number of fused-ring (bicyclic) bond motifs is 1. The lowest BCUT2D eigenvalue weighted by molar-refractivity contribution is 0.0936. The van der Waals surface area contributed by atoms with Crippen LogP contribution in [0.5, 0.6) is 0 Å². The predicted molar refractivity (Wildman–Crippen MR) is 97.4 cm³/mol. The highest BCUT2D eigenvalue weighted by Crippen LogP contribution is 2.41. The molecule has 24 heavy (non-hydrogen) atoms. The van der Waals surface area contributed by atoms with Crippen molar-refractivity contribution in [3.63, 3.8) is 0 Å². The van der Waals surface area contributed by atoms with Gasteiger partial charge >= 0.3 is 0 Å². The predicted octanol–water partition coefficient (Wildman–Crippen LogP) is 4.13. The molecule has 0 bridgehead atoms. The Labute approximate surface area is 145 Å². The van der Waals surface area contributed by atoms with E-state index in [2.05, 4.69) is 41.6 Å². The molecule has 2 aromatic heterocycles. The van der Waals surface area contributed by atoms with Gasteiger partial charge in [0.15, 0.2) is 0 Å². The zero-order chi connectivity index (χ0) is 16.8. The molecule has 1 aliphatic rings. The average Bonchev–Trinajstić information content (AvgIpc) is 3.23. The van der Waals surface area contributed by atoms with E-state index in [1.807, 2.05) is 24.7 Å². The first-order valence-electron chi connectivity index (χ1n) is 8.33. The summed E-state index contributed by atoms with van der Waals surface area (Å²) in [4.78, 5) is 14.6. The van der Waals surface area contributed by atoms with Crippen LogP contribution < -0.4 is 5.32 Å². The van der Waals surface area contributed by atoms with Crippen LogP contribution >= 0.6 is 11.3 Å². The second-order valence-electron chi connectivity index (χ2n) is 6.74. The standard InChI is InChI=1S/C19H21N3OS/c1-11-4-6-13(7-5-11)17(14-8-9-14)20-18(23)16-10-15-12(2)21-22(3)19(15)24-16/h4-7,10,14,17H,8-9H2,1-3H3,(H,20,23). The Kier molecular flexibility index (Phi) is 3.68. The van der Waals surface area contributed by atoms with Gasteiger partial charge in [-0.3, -0.25) is 9.48 Å². The maximum Gasteiger partial charge on any atom is 0.261 e. The molecule has 0 aliphatic heterocycles. The zero-order valence-electron chi connectivity index (χ0n) is 14.2. The number of rotatable bonds is 4. The second kappa shape index (κ2) is 5.74. The highest BCUT2D eigenvalue weighted by atomic mass is 32.1. The quantitative estimate of drug-likeness (QED) is 0.777. The number of nitrogens with one attached hydrogen (secondary N) is 1. The van der Waals surface area contributed by atoms with Crippen LogP contribution in [-0.4, -0.2) is 15.7 Å². The molecular formula is C19H21N3OS. The minimum atomic E-state index is 0.0214. The molecular weight excluding hydrogens is 318 g/mol. The van der Waals surface area contributed by atoms with Crippen molar-refractivity contribution in [2.45, 2.75) is 32.7 Å². The lowest BCUT2D eigenvalue weighted by Gasteiger charge is -2.18. The van der Waals surface area contributed by atoms with Crippen LogP contribution in [0.1, 0.15) is 45.4 Å². The molecule has 0 radical (unpaired) electrons. The molecule has 2 heterocycles. The number of aryl methyl sites for hydroxylation is 3. The smallest absolute Gasteiger partial charge is 0.261 e. The molecule has 0 spiro atoms. The molecule has 1 atom stereocenters. The maximum atomic E-state index is 12.8. The van der Waals surface area contributed by atoms with Crippen LogP contribution in [0.3, 0.4) is 0 Å². The number of carbonyl (C=O) groups excluding carboxylic acids is 1. The van der Waals surface area contributed by atoms with E-state index in [0.717, 1.165) is 20.8 Å². The Hall–Kier alpha value is -2.14. The molecule has 3 aromatic rings. The van der Waals surface area contributed by atoms with Gasteiger partial charge in [-0.15, -0.1) is 11.3 Å². The Morgan fingerprint density at radius 2 is 2.00 bits per heavy atom. The van der Waals surface area contributed by atoms with Gasteiger partial charge in [-0.1, -0.05) is 29.8 Å². The Morgan fingerprint density at radius 1 is 1.29 bits per heavy atom. The van der Waals surface area contributed by atoms with Crippen LogP contribution in [0.25, 0.3) is 10.2 Å². The minimum absolute atomic E-state index is 0.0214. The van der Waals surface area contributed by atoms with E-state index >= 15 is 0 Å². The molecule has 1 aromatic carbocycles. The van der Waals surface area contributed by atoms with Crippen molar-refractivity contribution in [3.05, 3.63) is 52.0 Å². The van der Waals surface area contributed by atoms with Gasteiger partial charge in [0.1, 0.15) is 4.83 Å². The summed E-state index contributed by atoms with van der Waals surface area (Å²) in [6.07, 6.45) is 2.38. The fourth-order valence-corrected chi connectivity index (χ4v) is 4.23. The van der Waals surface area contributed by atoms with Crippen LogP contribution in [0.15, 0.2) is 30.3 Å². The van der Waals surface area contributed by atoms with Gasteiger partial charge < -0.3 is 5.32 Å². The van der Waals surface area contributed by atoms with Crippen molar-refractivity contribution in [2.24, 2.45) is 13.0 Å². The molecule has 1 fully saturated rings. The van der Waals surface area contributed by atoms with E-state index in [-0.39, 0.29) is 11.9 Å². The fraction of sp³-hybridized carbons (Fsp3) is 0.368. The summed E-state index contributed by atoms with van der Waals surface area (Å²) in [5.41, 5.74) is 3.42. The van der Waals surface area contributed by atoms with E-state index in [0.29, 0.717) is 5.92 Å². The molecule has 1 unspecified atom stereocenters. The van der Waals surface area contributed by atoms with Gasteiger partial charge in [0.05, 0.1) is 16.6 Å². The second-order valence-corrected chi connectivity index (χ2v) is 7.77. The molecule has 1 aliphatic carbocycles. The number of nitrogens with zero attached hydrogens (tertiary/aromatic N) is 2. The van der Waals surface area contributed by atoms with Crippen molar-refractivity contribution in [1.82, 2.24) is 15.1 Å². The summed E-state index contributed by atoms with van der Waals surface area (Å²) in [5, 5.41) is 8.74. The van der Waals surface area contributed by atoms with E-state index in [9.17, 15) is 4.79 Å². The number of amides is 1. The zero-order valence-corrected chi connectivity index (χ0v) is 15.0. The van der Waals surface area contributed by atoms with Gasteiger partial charge in [-0.05, 0) is 44.2 Å². The molecule has 1 N–H and O–H groups in total. The third-order valence-corrected chi connectivity index (χ3v) is 5.94. The third-order valence-electron chi connectivity index (χ3n) is 4.74. The number of hydrogen-bond acceptors (Lipinski definition) is 3. The number of thiophene rings is 1. The van der Waals surface area contributed by atoms with E-state index in [1.54, 1.807) is 0 Å². The van der Waals surface area contributed by atoms with Gasteiger partial charge in [0.2, 0.25) is 0 Å². The summed E-state index contributed by atoms with van der Waals surface area (Å²) in [6.45, 7) is 4.07. The number of carbonyl (C=O) groups is 1. The van der Waals surface area contributed by atoms with Crippen LogP contribution in [0.2, 0.25) is 0 Å². The number of hydrogen-bond donors (Lipinski definition) is 1. The van der Waals surface area contributed by atoms with Gasteiger partial charge in [-0.25, -0.2) is 0 Å². The number of benzene rings is 1. The SMILES string of the molecule is Cc1ccc(C(NC(=O)c2cc3c(C)nn(C)c3s2)C2CC2)cc1. The topological polar surface area (TPSA) is 46.9 Å². The molecule has 5 heteroatoms. The van der Waals surface area contributed by atoms with Crippen molar-refractivity contribution in [2.75, 3.05) is 0 Å². The van der Waals surface area contributed by atoms with Crippen molar-refractivity contribution >= 4 is 27.5 Å². The minimum Gasteiger partial charge on any atom is -0.344 e. The summed E-state index contributed by atoms with van der Waals surface area (Å²) >= 11 is 1.51. The summed E-state index contributed by atoms with van der Waals surface area (Å²) in [5.74, 6) is 0.586. The first-order valence-corrected chi connectivity index (χ1v) is 9.15. The van der Waals surface area contributed by atoms with Crippen LogP contribution in [0.4, 0.5) is 0 Å². The summed E-state index contributed by atoms with van der Waals surface area (Å²) in [7, 11) is 1.92. The lowest BCUT2D eigenvalue weighted by atomic mass is 10.0. The molecule has 4 nitrogen and oxygen atoms in total. The van der Waals surface area contributed by atoms with Gasteiger partial charge in [0, 0.05) is 12.4 Å². The first kappa shape index (κ1) is 15.4. The van der Waals surface area contributed by atoms with Crippen molar-refractivity contribution < 1.29 is 4.79 Å². The van der Waals surface area contributed by atoms with E-state index in [1.165, 1.54) is 35.3 Å². The maximum absolute atomic E-state index is 12.8. The molecule has 1 amide bonds. The van der Waals surface area contributed by atoms with Crippen LogP contribution in [-0.2, 0) is 7.05 Å². The fourth-order valence-electron chi connectivity index (χ4n) is 3.21. The highest BCUT2D eigenvalue weighted by Gasteiger charge is 2.33. The first-order chi connectivity index (χ1) is 11.5. The number of aromatic nitrogens is 2. The molecule has 4 rings (SSSR count). The summed E-state index contributed by atoms with van der Waals surface area (Å²) < 4.78 is 1.85. The van der Waals surface area contributed by atoms with Crippen molar-refractivity contribution in [1.29, 1.82) is 0 Å². The van der Waals surface area contributed by atoms with Crippen molar-refractivity contribution in [3.8, 4) is 0 Å². The van der Waals surface area contributed by atoms with Crippen LogP contribution in [0, 0.1) is 19.8 Å². The third kappa shape index (κ3) is 2.73. The Bertz CT molecular complexity index is 868. The highest BCUT2D eigenvalue weighted by molar-refractivity contribution is 7.20. The summed E-state index contributed by atoms with van der Waals surface area (Å²) in [6, 6.07) is 10.6. The normalized spacial score (nSPS) is 15.6. The van der Waals surface area contributed by atoms with Gasteiger partial charge in [0.25, 0.3) is 5.91 Å². The Balaban J connectivity index is 1.60. The van der Waals surface area contributed by atoms with E-state index < -0.39 is 0 Å². The van der Waals surface area contributed by atoms with Gasteiger partial charge in [-0.2, -0.15) is 5.10 Å². The largest absolute Gasteiger partial charge is 0.344 e. The molecule has 124 valence electrons. The lowest BCUT2D eigenvalue weighted by Crippen LogP contribution is -2.29. The molecule has 1 saturated carbocycles. The Morgan fingerprint density at radius 3 is 2.62 bits per heavy atom. The molecule has 0 saturated heterocycles. The monoisotopic (exact) mass is 339 g/mol. The van der Waals surface area contributed by atoms with E-state index in [4.69, 9.17) is 0 Å².